The molecule has 216 valence electrons. The molecule has 1 N–H and O–H groups in total. The first kappa shape index (κ1) is 27.4. The number of H-pyrrole nitrogens is 1. The first-order chi connectivity index (χ1) is 19.8. The third kappa shape index (κ3) is 5.35. The van der Waals surface area contributed by atoms with Gasteiger partial charge in [0.15, 0.2) is 0 Å². The van der Waals surface area contributed by atoms with E-state index in [4.69, 9.17) is 26.1 Å². The van der Waals surface area contributed by atoms with Crippen LogP contribution in [0, 0.1) is 11.8 Å². The number of hydrogen-bond donors (Lipinski definition) is 1. The number of halogens is 1. The van der Waals surface area contributed by atoms with Gasteiger partial charge in [-0.3, -0.25) is 19.3 Å². The second-order valence-electron chi connectivity index (χ2n) is 11.4. The molecule has 1 saturated carbocycles. The fourth-order valence-electron chi connectivity index (χ4n) is 6.18. The molecule has 0 spiro atoms. The van der Waals surface area contributed by atoms with Crippen molar-refractivity contribution < 1.29 is 9.32 Å². The van der Waals surface area contributed by atoms with Crippen LogP contribution in [0.25, 0.3) is 33.8 Å². The number of aromatic nitrogens is 6. The molecule has 1 saturated heterocycles. The van der Waals surface area contributed by atoms with Crippen molar-refractivity contribution in [1.29, 1.82) is 0 Å². The number of amides is 1. The average molecular weight is 579 g/mol. The maximum absolute atomic E-state index is 13.4. The molecule has 1 amide bonds. The van der Waals surface area contributed by atoms with Crippen LogP contribution in [0.15, 0.2) is 33.8 Å². The number of hydrogen-bond acceptors (Lipinski definition) is 8. The quantitative estimate of drug-likeness (QED) is 0.332. The minimum Gasteiger partial charge on any atom is -0.344 e. The second kappa shape index (κ2) is 11.3. The Bertz CT molecular complexity index is 1620. The molecule has 4 aromatic heterocycles. The van der Waals surface area contributed by atoms with E-state index >= 15 is 0 Å². The number of nitrogens with zero attached hydrogens (tertiary/aromatic N) is 7. The number of nitrogens with one attached hydrogen (secondary N) is 1. The predicted molar refractivity (Wildman–Crippen MR) is 157 cm³/mol. The fourth-order valence-corrected chi connectivity index (χ4v) is 6.36. The summed E-state index contributed by atoms with van der Waals surface area (Å²) in [5.74, 6) is 1.64. The van der Waals surface area contributed by atoms with Crippen LogP contribution in [0.3, 0.4) is 0 Å². The van der Waals surface area contributed by atoms with E-state index in [9.17, 15) is 9.59 Å². The van der Waals surface area contributed by atoms with Crippen molar-refractivity contribution in [2.24, 2.45) is 11.8 Å². The second-order valence-corrected chi connectivity index (χ2v) is 11.8. The van der Waals surface area contributed by atoms with Crippen LogP contribution in [0.5, 0.6) is 0 Å². The van der Waals surface area contributed by atoms with Crippen molar-refractivity contribution in [3.63, 3.8) is 0 Å². The van der Waals surface area contributed by atoms with Gasteiger partial charge in [0.05, 0.1) is 21.7 Å². The van der Waals surface area contributed by atoms with Crippen LogP contribution in [-0.2, 0) is 11.3 Å². The summed E-state index contributed by atoms with van der Waals surface area (Å²) < 4.78 is 7.03. The van der Waals surface area contributed by atoms with Crippen LogP contribution in [0.4, 0.5) is 5.95 Å². The Balaban J connectivity index is 1.56. The van der Waals surface area contributed by atoms with Crippen molar-refractivity contribution in [2.45, 2.75) is 65.0 Å². The van der Waals surface area contributed by atoms with E-state index in [-0.39, 0.29) is 17.8 Å². The molecular formula is C29H35ClN8O3. The summed E-state index contributed by atoms with van der Waals surface area (Å²) in [6.07, 6.45) is 9.67. The number of carbonyl (C=O) groups excluding carboxylic acids is 1. The van der Waals surface area contributed by atoms with Crippen LogP contribution in [-0.4, -0.2) is 66.6 Å². The number of imidazole rings is 1. The topological polar surface area (TPSA) is 126 Å². The molecule has 0 radical (unpaired) electrons. The number of anilines is 1. The van der Waals surface area contributed by atoms with Crippen molar-refractivity contribution >= 4 is 34.5 Å². The minimum absolute atomic E-state index is 0.105. The van der Waals surface area contributed by atoms with E-state index in [2.05, 4.69) is 31.5 Å². The lowest BCUT2D eigenvalue weighted by atomic mass is 9.83. The van der Waals surface area contributed by atoms with E-state index in [0.29, 0.717) is 34.4 Å². The summed E-state index contributed by atoms with van der Waals surface area (Å²) in [6, 6.07) is 3.36. The van der Waals surface area contributed by atoms with Gasteiger partial charge in [0.2, 0.25) is 17.7 Å². The van der Waals surface area contributed by atoms with Gasteiger partial charge in [0.25, 0.3) is 0 Å². The normalized spacial score (nSPS) is 21.1. The molecule has 5 heterocycles. The smallest absolute Gasteiger partial charge is 0.344 e. The zero-order chi connectivity index (χ0) is 28.7. The number of carbonyl (C=O) groups is 1. The Labute approximate surface area is 242 Å². The highest BCUT2D eigenvalue weighted by atomic mass is 35.5. The van der Waals surface area contributed by atoms with Crippen LogP contribution < -0.4 is 10.7 Å². The summed E-state index contributed by atoms with van der Waals surface area (Å²) in [7, 11) is 1.85. The average Bonchev–Trinajstić information content (AvgIpc) is 3.71. The minimum atomic E-state index is -0.663. The summed E-state index contributed by atoms with van der Waals surface area (Å²) in [5, 5.41) is 4.36. The number of rotatable bonds is 7. The Morgan fingerprint density at radius 3 is 2.68 bits per heavy atom. The van der Waals surface area contributed by atoms with Crippen molar-refractivity contribution in [3.05, 3.63) is 40.1 Å². The molecule has 0 aromatic carbocycles. The SMILES string of the molecule is CCN(C)C(=O)C1CCCN1c1nc2cc(-c3noc(=O)[nH]3)nc(-c3cncc(Cl)c3)c2n1CC1CCC(C)CC1. The van der Waals surface area contributed by atoms with Gasteiger partial charge in [0.1, 0.15) is 11.7 Å². The van der Waals surface area contributed by atoms with E-state index in [1.165, 1.54) is 12.8 Å². The lowest BCUT2D eigenvalue weighted by molar-refractivity contribution is -0.130. The summed E-state index contributed by atoms with van der Waals surface area (Å²) in [5.41, 5.74) is 3.31. The monoisotopic (exact) mass is 578 g/mol. The summed E-state index contributed by atoms with van der Waals surface area (Å²) in [4.78, 5) is 46.2. The highest BCUT2D eigenvalue weighted by Gasteiger charge is 2.36. The molecule has 6 rings (SSSR count). The van der Waals surface area contributed by atoms with E-state index in [0.717, 1.165) is 61.7 Å². The third-order valence-electron chi connectivity index (χ3n) is 8.59. The molecule has 1 unspecified atom stereocenters. The lowest BCUT2D eigenvalue weighted by Gasteiger charge is -2.31. The van der Waals surface area contributed by atoms with Crippen molar-refractivity contribution in [1.82, 2.24) is 34.6 Å². The molecule has 0 bridgehead atoms. The number of pyridine rings is 2. The molecule has 41 heavy (non-hydrogen) atoms. The van der Waals surface area contributed by atoms with Crippen molar-refractivity contribution in [3.8, 4) is 22.8 Å². The molecular weight excluding hydrogens is 544 g/mol. The van der Waals surface area contributed by atoms with Gasteiger partial charge in [-0.15, -0.1) is 0 Å². The van der Waals surface area contributed by atoms with Crippen LogP contribution in [0.1, 0.15) is 52.4 Å². The van der Waals surface area contributed by atoms with Gasteiger partial charge in [-0.2, -0.15) is 0 Å². The van der Waals surface area contributed by atoms with Gasteiger partial charge in [0, 0.05) is 44.6 Å². The maximum atomic E-state index is 13.4. The highest BCUT2D eigenvalue weighted by Crippen LogP contribution is 2.38. The fraction of sp³-hybridized carbons (Fsp3) is 0.517. The Hall–Kier alpha value is -3.73. The Kier molecular flexibility index (Phi) is 7.54. The van der Waals surface area contributed by atoms with Gasteiger partial charge >= 0.3 is 5.76 Å². The van der Waals surface area contributed by atoms with E-state index < -0.39 is 5.76 Å². The molecule has 1 aliphatic carbocycles. The molecule has 1 atom stereocenters. The molecule has 12 heteroatoms. The molecule has 4 aromatic rings. The lowest BCUT2D eigenvalue weighted by Crippen LogP contribution is -2.45. The number of fused-ring (bicyclic) bond motifs is 1. The standard InChI is InChI=1S/C29H35ClN8O3/c1-4-36(3)27(39)23-6-5-11-37(23)28-33-21-13-22(26-34-29(40)41-35-26)32-24(19-12-20(30)15-31-14-19)25(21)38(28)16-18-9-7-17(2)8-10-18/h12-15,17-18,23H,4-11,16H2,1-3H3,(H,34,35,40). The van der Waals surface area contributed by atoms with Crippen LogP contribution in [0.2, 0.25) is 5.02 Å². The van der Waals surface area contributed by atoms with E-state index in [1.54, 1.807) is 17.3 Å². The first-order valence-electron chi connectivity index (χ1n) is 14.4. The number of likely N-dealkylation sites (N-methyl/N-ethyl adjacent to an activating group) is 1. The molecule has 2 aliphatic rings. The third-order valence-corrected chi connectivity index (χ3v) is 8.79. The van der Waals surface area contributed by atoms with Crippen molar-refractivity contribution in [2.75, 3.05) is 25.0 Å². The molecule has 11 nitrogen and oxygen atoms in total. The van der Waals surface area contributed by atoms with Gasteiger partial charge < -0.3 is 14.4 Å². The molecule has 1 aliphatic heterocycles. The van der Waals surface area contributed by atoms with E-state index in [1.807, 2.05) is 26.1 Å². The van der Waals surface area contributed by atoms with Gasteiger partial charge in [-0.25, -0.2) is 14.8 Å². The zero-order valence-electron chi connectivity index (χ0n) is 23.6. The first-order valence-corrected chi connectivity index (χ1v) is 14.8. The predicted octanol–water partition coefficient (Wildman–Crippen LogP) is 4.76. The molecule has 2 fully saturated rings. The Morgan fingerprint density at radius 1 is 1.17 bits per heavy atom. The zero-order valence-corrected chi connectivity index (χ0v) is 24.4. The van der Waals surface area contributed by atoms with Gasteiger partial charge in [-0.1, -0.05) is 36.5 Å². The summed E-state index contributed by atoms with van der Waals surface area (Å²) >= 11 is 6.38. The maximum Gasteiger partial charge on any atom is 0.439 e. The van der Waals surface area contributed by atoms with Gasteiger partial charge in [-0.05, 0) is 56.6 Å². The number of aromatic amines is 1. The Morgan fingerprint density at radius 2 is 1.98 bits per heavy atom. The summed E-state index contributed by atoms with van der Waals surface area (Å²) in [6.45, 7) is 6.47. The highest BCUT2D eigenvalue weighted by molar-refractivity contribution is 6.30. The largest absolute Gasteiger partial charge is 0.439 e. The van der Waals surface area contributed by atoms with Crippen LogP contribution >= 0.6 is 11.6 Å².